The topological polar surface area (TPSA) is 64.9 Å². The molecule has 3 aromatic rings. The van der Waals surface area contributed by atoms with Crippen molar-refractivity contribution in [3.8, 4) is 6.07 Å². The van der Waals surface area contributed by atoms with Gasteiger partial charge in [0.2, 0.25) is 0 Å². The highest BCUT2D eigenvalue weighted by molar-refractivity contribution is 8.00. The molecular formula is C24H18F3N3OS. The van der Waals surface area contributed by atoms with E-state index in [9.17, 15) is 18.0 Å². The number of rotatable bonds is 5. The Morgan fingerprint density at radius 3 is 2.41 bits per heavy atom. The number of hydrogen-bond donors (Lipinski definition) is 2. The van der Waals surface area contributed by atoms with E-state index in [-0.39, 0.29) is 16.7 Å². The van der Waals surface area contributed by atoms with E-state index in [1.165, 1.54) is 6.07 Å². The molecule has 0 aromatic heterocycles. The first-order chi connectivity index (χ1) is 15.2. The monoisotopic (exact) mass is 453 g/mol. The molecule has 2 N–H and O–H groups in total. The zero-order valence-electron chi connectivity index (χ0n) is 16.8. The maximum absolute atomic E-state index is 13.3. The Morgan fingerprint density at radius 2 is 1.72 bits per heavy atom. The van der Waals surface area contributed by atoms with E-state index >= 15 is 0 Å². The van der Waals surface area contributed by atoms with E-state index in [1.807, 2.05) is 42.5 Å². The summed E-state index contributed by atoms with van der Waals surface area (Å²) in [6.45, 7) is 0. The van der Waals surface area contributed by atoms with Gasteiger partial charge in [-0.05, 0) is 72.3 Å². The van der Waals surface area contributed by atoms with E-state index in [0.29, 0.717) is 19.3 Å². The largest absolute Gasteiger partial charge is 0.416 e. The van der Waals surface area contributed by atoms with Crippen LogP contribution in [0.3, 0.4) is 0 Å². The molecule has 3 aromatic carbocycles. The second-order valence-electron chi connectivity index (χ2n) is 8.63. The molecule has 3 fully saturated rings. The number of nitriles is 1. The molecule has 2 bridgehead atoms. The molecule has 3 aliphatic carbocycles. The summed E-state index contributed by atoms with van der Waals surface area (Å²) in [7, 11) is 0. The van der Waals surface area contributed by atoms with Gasteiger partial charge in [0.25, 0.3) is 5.91 Å². The number of carbonyl (C=O) groups excluding carboxylic acids is 1. The van der Waals surface area contributed by atoms with Crippen LogP contribution >= 0.6 is 11.9 Å². The average molecular weight is 453 g/mol. The van der Waals surface area contributed by atoms with Crippen molar-refractivity contribution in [1.29, 1.82) is 5.26 Å². The molecule has 0 spiro atoms. The minimum absolute atomic E-state index is 0.0945. The number of amides is 1. The van der Waals surface area contributed by atoms with Gasteiger partial charge in [-0.1, -0.05) is 30.3 Å². The van der Waals surface area contributed by atoms with Crippen molar-refractivity contribution in [3.05, 3.63) is 71.8 Å². The number of nitrogens with zero attached hydrogens (tertiary/aromatic N) is 1. The maximum Gasteiger partial charge on any atom is 0.416 e. The van der Waals surface area contributed by atoms with Crippen molar-refractivity contribution in [2.45, 2.75) is 35.9 Å². The molecule has 3 aliphatic rings. The lowest BCUT2D eigenvalue weighted by atomic mass is 9.40. The molecule has 1 amide bonds. The molecule has 162 valence electrons. The van der Waals surface area contributed by atoms with Crippen LogP contribution < -0.4 is 10.0 Å². The molecule has 0 aliphatic heterocycles. The number of carbonyl (C=O) groups is 1. The summed E-state index contributed by atoms with van der Waals surface area (Å²) in [6.07, 6.45) is -2.74. The first-order valence-corrected chi connectivity index (χ1v) is 10.9. The predicted octanol–water partition coefficient (Wildman–Crippen LogP) is 6.15. The predicted molar refractivity (Wildman–Crippen MR) is 117 cm³/mol. The van der Waals surface area contributed by atoms with Crippen LogP contribution in [0.25, 0.3) is 10.8 Å². The van der Waals surface area contributed by atoms with Gasteiger partial charge in [0, 0.05) is 10.4 Å². The third-order valence-electron chi connectivity index (χ3n) is 6.24. The number of anilines is 1. The molecule has 8 heteroatoms. The quantitative estimate of drug-likeness (QED) is 0.455. The van der Waals surface area contributed by atoms with Crippen LogP contribution in [0.4, 0.5) is 18.9 Å². The molecular weight excluding hydrogens is 435 g/mol. The number of fused-ring (bicyclic) bond motifs is 1. The first-order valence-electron chi connectivity index (χ1n) is 10.1. The third-order valence-corrected chi connectivity index (χ3v) is 7.05. The van der Waals surface area contributed by atoms with Crippen LogP contribution in [0.1, 0.15) is 35.2 Å². The fourth-order valence-corrected chi connectivity index (χ4v) is 5.41. The Bertz CT molecular complexity index is 1260. The average Bonchev–Trinajstić information content (AvgIpc) is 2.72. The van der Waals surface area contributed by atoms with Crippen LogP contribution in [-0.4, -0.2) is 11.4 Å². The minimum Gasteiger partial charge on any atom is -0.346 e. The normalized spacial score (nSPS) is 23.6. The van der Waals surface area contributed by atoms with Crippen molar-refractivity contribution in [2.75, 3.05) is 4.72 Å². The zero-order valence-corrected chi connectivity index (χ0v) is 17.6. The molecule has 0 saturated heterocycles. The van der Waals surface area contributed by atoms with Gasteiger partial charge in [0.05, 0.1) is 28.3 Å². The molecule has 32 heavy (non-hydrogen) atoms. The van der Waals surface area contributed by atoms with Crippen molar-refractivity contribution < 1.29 is 18.0 Å². The number of nitrogens with one attached hydrogen (secondary N) is 2. The van der Waals surface area contributed by atoms with Gasteiger partial charge < -0.3 is 10.0 Å². The molecule has 0 atom stereocenters. The Morgan fingerprint density at radius 1 is 1.00 bits per heavy atom. The molecule has 6 rings (SSSR count). The van der Waals surface area contributed by atoms with Gasteiger partial charge in [0.1, 0.15) is 0 Å². The van der Waals surface area contributed by atoms with Crippen LogP contribution in [0, 0.1) is 16.7 Å². The Hall–Kier alpha value is -3.18. The van der Waals surface area contributed by atoms with Crippen molar-refractivity contribution in [1.82, 2.24) is 5.32 Å². The Balaban J connectivity index is 1.38. The Labute approximate surface area is 186 Å². The van der Waals surface area contributed by atoms with Crippen LogP contribution in [0.2, 0.25) is 0 Å². The summed E-state index contributed by atoms with van der Waals surface area (Å²) in [5, 5.41) is 14.2. The summed E-state index contributed by atoms with van der Waals surface area (Å²) in [4.78, 5) is 13.7. The van der Waals surface area contributed by atoms with Crippen molar-refractivity contribution >= 4 is 34.3 Å². The van der Waals surface area contributed by atoms with Gasteiger partial charge in [-0.2, -0.15) is 18.4 Å². The number of halogens is 3. The smallest absolute Gasteiger partial charge is 0.346 e. The first kappa shape index (κ1) is 20.7. The minimum atomic E-state index is -4.52. The fourth-order valence-electron chi connectivity index (χ4n) is 4.70. The summed E-state index contributed by atoms with van der Waals surface area (Å²) < 4.78 is 42.8. The highest BCUT2D eigenvalue weighted by Gasteiger charge is 2.69. The van der Waals surface area contributed by atoms with Gasteiger partial charge >= 0.3 is 6.18 Å². The highest BCUT2D eigenvalue weighted by Crippen LogP contribution is 2.66. The molecule has 0 heterocycles. The highest BCUT2D eigenvalue weighted by atomic mass is 32.2. The number of alkyl halides is 3. The van der Waals surface area contributed by atoms with Crippen molar-refractivity contribution in [2.24, 2.45) is 5.41 Å². The van der Waals surface area contributed by atoms with Crippen LogP contribution in [0.5, 0.6) is 0 Å². The van der Waals surface area contributed by atoms with E-state index < -0.39 is 23.2 Å². The molecule has 0 radical (unpaired) electrons. The van der Waals surface area contributed by atoms with Gasteiger partial charge in [0.15, 0.2) is 0 Å². The number of benzene rings is 3. The van der Waals surface area contributed by atoms with Gasteiger partial charge in [-0.25, -0.2) is 0 Å². The van der Waals surface area contributed by atoms with Gasteiger partial charge in [-0.15, -0.1) is 0 Å². The number of hydrogen-bond acceptors (Lipinski definition) is 4. The summed E-state index contributed by atoms with van der Waals surface area (Å²) in [5.74, 6) is -0.438. The zero-order chi connectivity index (χ0) is 22.6. The van der Waals surface area contributed by atoms with Crippen LogP contribution in [0.15, 0.2) is 65.6 Å². The lowest BCUT2D eigenvalue weighted by Crippen LogP contribution is -2.74. The fraction of sp³-hybridized carbons (Fsp3) is 0.250. The lowest BCUT2D eigenvalue weighted by molar-refractivity contribution is -0.137. The van der Waals surface area contributed by atoms with Crippen LogP contribution in [-0.2, 0) is 6.18 Å². The summed E-state index contributed by atoms with van der Waals surface area (Å²) >= 11 is 1.15. The van der Waals surface area contributed by atoms with E-state index in [4.69, 9.17) is 5.26 Å². The second kappa shape index (κ2) is 7.17. The van der Waals surface area contributed by atoms with E-state index in [2.05, 4.69) is 16.1 Å². The second-order valence-corrected chi connectivity index (χ2v) is 9.51. The third kappa shape index (κ3) is 3.56. The van der Waals surface area contributed by atoms with E-state index in [1.54, 1.807) is 0 Å². The summed E-state index contributed by atoms with van der Waals surface area (Å²) in [5.41, 5.74) is -1.33. The van der Waals surface area contributed by atoms with Crippen molar-refractivity contribution in [3.63, 3.8) is 0 Å². The van der Waals surface area contributed by atoms with E-state index in [0.717, 1.165) is 39.7 Å². The molecule has 0 unspecified atom stereocenters. The Kier molecular flexibility index (Phi) is 4.64. The SMILES string of the molecule is N#CC12CC(NC(=O)c3ccc(C(F)(F)F)cc3NSc3ccc4ccccc4c3)(C1)C2. The van der Waals surface area contributed by atoms with Gasteiger partial charge in [-0.3, -0.25) is 4.79 Å². The maximum atomic E-state index is 13.3. The standard InChI is InChI=1S/C24H18F3N3OS/c25-24(26,27)17-6-8-19(21(31)29-23-11-22(12-23,13-23)14-28)20(10-17)30-32-18-7-5-15-3-1-2-4-16(15)9-18/h1-10,30H,11-13H2,(H,29,31). The molecule has 4 nitrogen and oxygen atoms in total. The lowest BCUT2D eigenvalue weighted by Gasteiger charge is -2.66. The molecule has 3 saturated carbocycles. The summed E-state index contributed by atoms with van der Waals surface area (Å²) in [6, 6.07) is 18.9.